The molecule has 0 radical (unpaired) electrons. The van der Waals surface area contributed by atoms with Crippen LogP contribution >= 0.6 is 23.1 Å². The standard InChI is InChI=1S/C23H23N3O5S2/c1-30-22(29)20-16-9-5-6-10-17(16)33-21(20)25-19(28)13-32-23-24-14(11-18(27)26-23)12-31-15-7-3-2-4-8-15/h2-4,7-8,11H,5-6,9-10,12-13H2,1H3,(H,25,28)(H,24,26,27). The minimum atomic E-state index is -0.436. The number of aromatic nitrogens is 2. The second kappa shape index (κ2) is 10.7. The number of H-pyrrole nitrogens is 1. The van der Waals surface area contributed by atoms with E-state index in [0.717, 1.165) is 47.9 Å². The molecule has 2 aromatic heterocycles. The molecule has 172 valence electrons. The topological polar surface area (TPSA) is 110 Å². The van der Waals surface area contributed by atoms with E-state index in [0.29, 0.717) is 27.2 Å². The summed E-state index contributed by atoms with van der Waals surface area (Å²) < 4.78 is 10.6. The van der Waals surface area contributed by atoms with Gasteiger partial charge in [-0.2, -0.15) is 0 Å². The maximum atomic E-state index is 12.6. The molecule has 2 heterocycles. The zero-order valence-corrected chi connectivity index (χ0v) is 19.6. The number of anilines is 1. The molecule has 0 saturated carbocycles. The molecule has 0 spiro atoms. The normalized spacial score (nSPS) is 12.6. The van der Waals surface area contributed by atoms with Crippen LogP contribution < -0.4 is 15.6 Å². The highest BCUT2D eigenvalue weighted by molar-refractivity contribution is 7.99. The lowest BCUT2D eigenvalue weighted by Gasteiger charge is -2.11. The van der Waals surface area contributed by atoms with Gasteiger partial charge in [0.25, 0.3) is 5.56 Å². The Morgan fingerprint density at radius 3 is 2.79 bits per heavy atom. The Kier molecular flexibility index (Phi) is 7.46. The first-order valence-electron chi connectivity index (χ1n) is 10.5. The fourth-order valence-electron chi connectivity index (χ4n) is 3.57. The minimum absolute atomic E-state index is 0.0229. The zero-order chi connectivity index (χ0) is 23.2. The second-order valence-corrected chi connectivity index (χ2v) is 9.46. The number of esters is 1. The van der Waals surface area contributed by atoms with Crippen LogP contribution in [0.1, 0.15) is 39.3 Å². The molecule has 0 unspecified atom stereocenters. The molecule has 0 bridgehead atoms. The maximum absolute atomic E-state index is 12.6. The number of hydrogen-bond acceptors (Lipinski definition) is 8. The number of methoxy groups -OCH3 is 1. The van der Waals surface area contributed by atoms with E-state index in [2.05, 4.69) is 15.3 Å². The van der Waals surface area contributed by atoms with Crippen LogP contribution in [-0.4, -0.2) is 34.7 Å². The van der Waals surface area contributed by atoms with Gasteiger partial charge in [-0.15, -0.1) is 11.3 Å². The van der Waals surface area contributed by atoms with Gasteiger partial charge in [-0.3, -0.25) is 9.59 Å². The number of amides is 1. The van der Waals surface area contributed by atoms with Crippen molar-refractivity contribution in [3.8, 4) is 5.75 Å². The number of rotatable bonds is 8. The van der Waals surface area contributed by atoms with Gasteiger partial charge in [0, 0.05) is 10.9 Å². The number of aryl methyl sites for hydroxylation is 1. The monoisotopic (exact) mass is 485 g/mol. The Morgan fingerprint density at radius 1 is 1.21 bits per heavy atom. The predicted molar refractivity (Wildman–Crippen MR) is 127 cm³/mol. The van der Waals surface area contributed by atoms with E-state index < -0.39 is 5.97 Å². The summed E-state index contributed by atoms with van der Waals surface area (Å²) in [4.78, 5) is 45.1. The molecule has 1 aliphatic carbocycles. The molecule has 1 aliphatic rings. The van der Waals surface area contributed by atoms with Crippen molar-refractivity contribution in [3.05, 3.63) is 68.4 Å². The highest BCUT2D eigenvalue weighted by atomic mass is 32.2. The van der Waals surface area contributed by atoms with E-state index in [4.69, 9.17) is 9.47 Å². The van der Waals surface area contributed by atoms with Crippen LogP contribution in [0.25, 0.3) is 0 Å². The number of ether oxygens (including phenoxy) is 2. The third kappa shape index (κ3) is 5.82. The molecule has 1 amide bonds. The van der Waals surface area contributed by atoms with E-state index >= 15 is 0 Å². The van der Waals surface area contributed by atoms with Gasteiger partial charge in [0.05, 0.1) is 24.1 Å². The number of benzene rings is 1. The number of carbonyl (C=O) groups excluding carboxylic acids is 2. The lowest BCUT2D eigenvalue weighted by atomic mass is 9.95. The van der Waals surface area contributed by atoms with Crippen LogP contribution in [0.4, 0.5) is 5.00 Å². The van der Waals surface area contributed by atoms with E-state index in [9.17, 15) is 14.4 Å². The highest BCUT2D eigenvalue weighted by Gasteiger charge is 2.26. The zero-order valence-electron chi connectivity index (χ0n) is 18.0. The Labute approximate surface area is 198 Å². The molecule has 2 N–H and O–H groups in total. The number of nitrogens with one attached hydrogen (secondary N) is 2. The average Bonchev–Trinajstić information content (AvgIpc) is 3.19. The Hall–Kier alpha value is -3.11. The number of thioether (sulfide) groups is 1. The molecule has 10 heteroatoms. The van der Waals surface area contributed by atoms with Crippen molar-refractivity contribution in [1.29, 1.82) is 0 Å². The van der Waals surface area contributed by atoms with Crippen molar-refractivity contribution >= 4 is 40.0 Å². The van der Waals surface area contributed by atoms with E-state index in [1.807, 2.05) is 30.3 Å². The highest BCUT2D eigenvalue weighted by Crippen LogP contribution is 2.38. The first-order chi connectivity index (χ1) is 16.0. The number of para-hydroxylation sites is 1. The molecule has 0 aliphatic heterocycles. The van der Waals surface area contributed by atoms with Gasteiger partial charge in [-0.25, -0.2) is 9.78 Å². The third-order valence-electron chi connectivity index (χ3n) is 5.06. The molecule has 0 fully saturated rings. The van der Waals surface area contributed by atoms with Crippen molar-refractivity contribution in [1.82, 2.24) is 9.97 Å². The molecule has 0 atom stereocenters. The number of thiophene rings is 1. The van der Waals surface area contributed by atoms with Gasteiger partial charge in [0.2, 0.25) is 5.91 Å². The number of aromatic amines is 1. The number of carbonyl (C=O) groups is 2. The Morgan fingerprint density at radius 2 is 2.00 bits per heavy atom. The summed E-state index contributed by atoms with van der Waals surface area (Å²) in [5.41, 5.74) is 1.59. The average molecular weight is 486 g/mol. The summed E-state index contributed by atoms with van der Waals surface area (Å²) in [6, 6.07) is 10.6. The smallest absolute Gasteiger partial charge is 0.341 e. The fraction of sp³-hybridized carbons (Fsp3) is 0.304. The fourth-order valence-corrected chi connectivity index (χ4v) is 5.56. The van der Waals surface area contributed by atoms with Crippen LogP contribution in [0.2, 0.25) is 0 Å². The summed E-state index contributed by atoms with van der Waals surface area (Å²) in [7, 11) is 1.34. The minimum Gasteiger partial charge on any atom is -0.487 e. The predicted octanol–water partition coefficient (Wildman–Crippen LogP) is 3.81. The summed E-state index contributed by atoms with van der Waals surface area (Å²) in [6.45, 7) is 0.136. The van der Waals surface area contributed by atoms with Crippen molar-refractivity contribution in [3.63, 3.8) is 0 Å². The molecule has 8 nitrogen and oxygen atoms in total. The first kappa shape index (κ1) is 23.1. The largest absolute Gasteiger partial charge is 0.487 e. The molecule has 33 heavy (non-hydrogen) atoms. The van der Waals surface area contributed by atoms with Gasteiger partial charge in [0.1, 0.15) is 17.4 Å². The van der Waals surface area contributed by atoms with Crippen LogP contribution in [0, 0.1) is 0 Å². The van der Waals surface area contributed by atoms with Crippen LogP contribution in [0.3, 0.4) is 0 Å². The summed E-state index contributed by atoms with van der Waals surface area (Å²) in [5, 5.41) is 3.68. The Bertz CT molecular complexity index is 1210. The van der Waals surface area contributed by atoms with Crippen LogP contribution in [-0.2, 0) is 29.0 Å². The van der Waals surface area contributed by atoms with Crippen molar-refractivity contribution in [2.45, 2.75) is 37.4 Å². The molecule has 1 aromatic carbocycles. The van der Waals surface area contributed by atoms with Crippen molar-refractivity contribution < 1.29 is 19.1 Å². The van der Waals surface area contributed by atoms with E-state index in [-0.39, 0.29) is 23.8 Å². The molecule has 4 rings (SSSR count). The van der Waals surface area contributed by atoms with Crippen molar-refractivity contribution in [2.24, 2.45) is 0 Å². The van der Waals surface area contributed by atoms with Crippen molar-refractivity contribution in [2.75, 3.05) is 18.2 Å². The first-order valence-corrected chi connectivity index (χ1v) is 12.3. The lowest BCUT2D eigenvalue weighted by molar-refractivity contribution is -0.113. The van der Waals surface area contributed by atoms with Gasteiger partial charge >= 0.3 is 5.97 Å². The second-order valence-electron chi connectivity index (χ2n) is 7.39. The van der Waals surface area contributed by atoms with Gasteiger partial charge in [-0.1, -0.05) is 30.0 Å². The number of hydrogen-bond donors (Lipinski definition) is 2. The molecular weight excluding hydrogens is 462 g/mol. The number of nitrogens with zero attached hydrogens (tertiary/aromatic N) is 1. The van der Waals surface area contributed by atoms with Crippen LogP contribution in [0.15, 0.2) is 46.3 Å². The summed E-state index contributed by atoms with van der Waals surface area (Å²) >= 11 is 2.54. The van der Waals surface area contributed by atoms with E-state index in [1.165, 1.54) is 24.5 Å². The quantitative estimate of drug-likeness (QED) is 0.284. The van der Waals surface area contributed by atoms with E-state index in [1.54, 1.807) is 0 Å². The Balaban J connectivity index is 1.40. The molecule has 3 aromatic rings. The van der Waals surface area contributed by atoms with Gasteiger partial charge in [-0.05, 0) is 43.4 Å². The molecule has 0 saturated heterocycles. The van der Waals surface area contributed by atoms with Gasteiger partial charge in [0.15, 0.2) is 5.16 Å². The third-order valence-corrected chi connectivity index (χ3v) is 7.14. The number of fused-ring (bicyclic) bond motifs is 1. The maximum Gasteiger partial charge on any atom is 0.341 e. The summed E-state index contributed by atoms with van der Waals surface area (Å²) in [5.74, 6) is -0.0326. The van der Waals surface area contributed by atoms with Crippen LogP contribution in [0.5, 0.6) is 5.75 Å². The SMILES string of the molecule is COC(=O)c1c(NC(=O)CSc2nc(COc3ccccc3)cc(=O)[nH]2)sc2c1CCCC2. The molecular formula is C23H23N3O5S2. The van der Waals surface area contributed by atoms with Gasteiger partial charge < -0.3 is 19.8 Å². The lowest BCUT2D eigenvalue weighted by Crippen LogP contribution is -2.17. The summed E-state index contributed by atoms with van der Waals surface area (Å²) in [6.07, 6.45) is 3.79.